The Morgan fingerprint density at radius 2 is 1.93 bits per heavy atom. The highest BCUT2D eigenvalue weighted by molar-refractivity contribution is 5.73. The van der Waals surface area contributed by atoms with E-state index in [-0.39, 0.29) is 0 Å². The minimum atomic E-state index is -4.34. The van der Waals surface area contributed by atoms with Crippen molar-refractivity contribution in [2.75, 3.05) is 0 Å². The Kier molecular flexibility index (Phi) is 2.98. The van der Waals surface area contributed by atoms with Crippen molar-refractivity contribution in [2.24, 2.45) is 4.99 Å². The first kappa shape index (κ1) is 11.5. The van der Waals surface area contributed by atoms with Crippen molar-refractivity contribution in [2.45, 2.75) is 13.1 Å². The number of allylic oxidation sites excluding steroid dienone is 1. The molecule has 80 valence electrons. The van der Waals surface area contributed by atoms with Crippen LogP contribution in [0.2, 0.25) is 0 Å². The molecule has 1 aromatic rings. The van der Waals surface area contributed by atoms with E-state index in [0.29, 0.717) is 16.8 Å². The zero-order valence-electron chi connectivity index (χ0n) is 8.23. The van der Waals surface area contributed by atoms with Crippen LogP contribution in [0.3, 0.4) is 0 Å². The molecule has 0 amide bonds. The predicted octanol–water partition coefficient (Wildman–Crippen LogP) is 4.07. The average molecular weight is 213 g/mol. The molecule has 0 unspecified atom stereocenters. The summed E-state index contributed by atoms with van der Waals surface area (Å²) in [4.78, 5) is 3.64. The van der Waals surface area contributed by atoms with Crippen LogP contribution in [0, 0.1) is 0 Å². The number of benzene rings is 1. The van der Waals surface area contributed by atoms with Crippen molar-refractivity contribution in [3.63, 3.8) is 0 Å². The largest absolute Gasteiger partial charge is 0.416 e. The standard InChI is InChI=1S/C11H10F3N/c1-7(2)9-6-8(11(12,13)14)4-5-10(9)15-3/h4-6H,1,3H2,2H3. The Morgan fingerprint density at radius 3 is 2.33 bits per heavy atom. The molecular weight excluding hydrogens is 203 g/mol. The maximum absolute atomic E-state index is 12.4. The summed E-state index contributed by atoms with van der Waals surface area (Å²) in [5.74, 6) is 0. The van der Waals surface area contributed by atoms with Crippen LogP contribution < -0.4 is 0 Å². The van der Waals surface area contributed by atoms with E-state index in [0.717, 1.165) is 12.1 Å². The fraction of sp³-hybridized carbons (Fsp3) is 0.182. The fourth-order valence-electron chi connectivity index (χ4n) is 1.19. The van der Waals surface area contributed by atoms with Gasteiger partial charge in [-0.15, -0.1) is 0 Å². The summed E-state index contributed by atoms with van der Waals surface area (Å²) >= 11 is 0. The Balaban J connectivity index is 3.35. The van der Waals surface area contributed by atoms with E-state index >= 15 is 0 Å². The molecule has 0 aliphatic carbocycles. The molecule has 0 aliphatic rings. The van der Waals surface area contributed by atoms with E-state index in [9.17, 15) is 13.2 Å². The molecule has 0 atom stereocenters. The van der Waals surface area contributed by atoms with Gasteiger partial charge in [0, 0.05) is 5.56 Å². The highest BCUT2D eigenvalue weighted by Gasteiger charge is 2.30. The summed E-state index contributed by atoms with van der Waals surface area (Å²) in [6, 6.07) is 3.31. The lowest BCUT2D eigenvalue weighted by Crippen LogP contribution is -2.05. The highest BCUT2D eigenvalue weighted by Crippen LogP contribution is 2.34. The minimum absolute atomic E-state index is 0.375. The van der Waals surface area contributed by atoms with E-state index in [2.05, 4.69) is 18.3 Å². The van der Waals surface area contributed by atoms with E-state index in [1.54, 1.807) is 6.92 Å². The van der Waals surface area contributed by atoms with Gasteiger partial charge in [-0.1, -0.05) is 6.58 Å². The molecule has 0 aliphatic heterocycles. The quantitative estimate of drug-likeness (QED) is 0.656. The van der Waals surface area contributed by atoms with Crippen LogP contribution in [0.25, 0.3) is 5.57 Å². The molecule has 0 saturated heterocycles. The molecule has 15 heavy (non-hydrogen) atoms. The zero-order valence-corrected chi connectivity index (χ0v) is 8.23. The van der Waals surface area contributed by atoms with Crippen LogP contribution in [0.4, 0.5) is 18.9 Å². The maximum Gasteiger partial charge on any atom is 0.416 e. The Bertz CT molecular complexity index is 405. The SMILES string of the molecule is C=Nc1ccc(C(F)(F)F)cc1C(=C)C. The number of aliphatic imine (C=N–C) groups is 1. The summed E-state index contributed by atoms with van der Waals surface area (Å²) < 4.78 is 37.2. The van der Waals surface area contributed by atoms with E-state index in [1.165, 1.54) is 6.07 Å². The molecule has 0 N–H and O–H groups in total. The molecular formula is C11H10F3N. The van der Waals surface area contributed by atoms with Crippen LogP contribution >= 0.6 is 0 Å². The highest BCUT2D eigenvalue weighted by atomic mass is 19.4. The van der Waals surface area contributed by atoms with Crippen molar-refractivity contribution >= 4 is 18.0 Å². The normalized spacial score (nSPS) is 11.2. The Hall–Kier alpha value is -1.58. The van der Waals surface area contributed by atoms with Gasteiger partial charge in [0.05, 0.1) is 11.3 Å². The van der Waals surface area contributed by atoms with E-state index < -0.39 is 11.7 Å². The topological polar surface area (TPSA) is 12.4 Å². The Labute approximate surface area is 86.0 Å². The third kappa shape index (κ3) is 2.46. The molecule has 0 saturated carbocycles. The van der Waals surface area contributed by atoms with Crippen molar-refractivity contribution in [3.8, 4) is 0 Å². The number of hydrogen-bond acceptors (Lipinski definition) is 1. The molecule has 0 aromatic heterocycles. The average Bonchev–Trinajstić information content (AvgIpc) is 2.15. The lowest BCUT2D eigenvalue weighted by atomic mass is 10.0. The van der Waals surface area contributed by atoms with E-state index in [4.69, 9.17) is 0 Å². The van der Waals surface area contributed by atoms with Gasteiger partial charge in [-0.05, 0) is 37.4 Å². The minimum Gasteiger partial charge on any atom is -0.264 e. The zero-order chi connectivity index (χ0) is 11.6. The number of alkyl halides is 3. The van der Waals surface area contributed by atoms with Gasteiger partial charge in [-0.25, -0.2) is 0 Å². The molecule has 0 radical (unpaired) electrons. The van der Waals surface area contributed by atoms with Crippen LogP contribution in [0.15, 0.2) is 29.8 Å². The number of nitrogens with zero attached hydrogens (tertiary/aromatic N) is 1. The van der Waals surface area contributed by atoms with E-state index in [1.807, 2.05) is 0 Å². The van der Waals surface area contributed by atoms with Crippen molar-refractivity contribution in [3.05, 3.63) is 35.9 Å². The van der Waals surface area contributed by atoms with Gasteiger partial charge in [0.1, 0.15) is 0 Å². The van der Waals surface area contributed by atoms with Gasteiger partial charge in [0.2, 0.25) is 0 Å². The molecule has 1 nitrogen and oxygen atoms in total. The first-order valence-corrected chi connectivity index (χ1v) is 4.20. The van der Waals surface area contributed by atoms with Gasteiger partial charge < -0.3 is 0 Å². The van der Waals surface area contributed by atoms with Gasteiger partial charge in [0.25, 0.3) is 0 Å². The molecule has 1 aromatic carbocycles. The summed E-state index contributed by atoms with van der Waals surface area (Å²) in [6.45, 7) is 8.52. The smallest absolute Gasteiger partial charge is 0.264 e. The molecule has 1 rings (SSSR count). The van der Waals surface area contributed by atoms with Crippen molar-refractivity contribution < 1.29 is 13.2 Å². The first-order chi connectivity index (χ1) is 6.86. The number of hydrogen-bond donors (Lipinski definition) is 0. The second-order valence-corrected chi connectivity index (χ2v) is 3.17. The molecule has 0 heterocycles. The Morgan fingerprint density at radius 1 is 1.33 bits per heavy atom. The lowest BCUT2D eigenvalue weighted by molar-refractivity contribution is -0.137. The molecule has 0 fully saturated rings. The molecule has 0 bridgehead atoms. The van der Waals surface area contributed by atoms with Crippen molar-refractivity contribution in [1.29, 1.82) is 0 Å². The summed E-state index contributed by atoms with van der Waals surface area (Å²) in [5.41, 5.74) is 0.617. The second kappa shape index (κ2) is 3.88. The second-order valence-electron chi connectivity index (χ2n) is 3.17. The van der Waals surface area contributed by atoms with Gasteiger partial charge in [0.15, 0.2) is 0 Å². The summed E-state index contributed by atoms with van der Waals surface area (Å²) in [6.07, 6.45) is -4.34. The maximum atomic E-state index is 12.4. The van der Waals surface area contributed by atoms with Crippen LogP contribution in [0.1, 0.15) is 18.1 Å². The summed E-state index contributed by atoms with van der Waals surface area (Å²) in [5, 5.41) is 0. The number of rotatable bonds is 2. The lowest BCUT2D eigenvalue weighted by Gasteiger charge is -2.10. The fourth-order valence-corrected chi connectivity index (χ4v) is 1.19. The van der Waals surface area contributed by atoms with Gasteiger partial charge >= 0.3 is 6.18 Å². The third-order valence-corrected chi connectivity index (χ3v) is 1.95. The van der Waals surface area contributed by atoms with Crippen LogP contribution in [-0.4, -0.2) is 6.72 Å². The third-order valence-electron chi connectivity index (χ3n) is 1.95. The number of halogens is 3. The van der Waals surface area contributed by atoms with Crippen molar-refractivity contribution in [1.82, 2.24) is 0 Å². The monoisotopic (exact) mass is 213 g/mol. The summed E-state index contributed by atoms with van der Waals surface area (Å²) in [7, 11) is 0. The van der Waals surface area contributed by atoms with Crippen LogP contribution in [-0.2, 0) is 6.18 Å². The molecule has 0 spiro atoms. The predicted molar refractivity (Wildman–Crippen MR) is 55.4 cm³/mol. The van der Waals surface area contributed by atoms with Gasteiger partial charge in [-0.3, -0.25) is 4.99 Å². The van der Waals surface area contributed by atoms with Gasteiger partial charge in [-0.2, -0.15) is 13.2 Å². The first-order valence-electron chi connectivity index (χ1n) is 4.20. The van der Waals surface area contributed by atoms with Crippen LogP contribution in [0.5, 0.6) is 0 Å². The molecule has 4 heteroatoms.